The van der Waals surface area contributed by atoms with Crippen LogP contribution < -0.4 is 15.4 Å². The lowest BCUT2D eigenvalue weighted by Crippen LogP contribution is -2.44. The summed E-state index contributed by atoms with van der Waals surface area (Å²) in [6.45, 7) is 6.35. The molecule has 3 aromatic rings. The van der Waals surface area contributed by atoms with Gasteiger partial charge in [0.05, 0.1) is 54.0 Å². The van der Waals surface area contributed by atoms with Crippen LogP contribution in [-0.2, 0) is 11.3 Å². The minimum Gasteiger partial charge on any atom is -0.480 e. The maximum atomic E-state index is 12.8. The summed E-state index contributed by atoms with van der Waals surface area (Å²) in [6, 6.07) is 4.95. The van der Waals surface area contributed by atoms with Gasteiger partial charge in [0.15, 0.2) is 0 Å². The molecule has 1 saturated heterocycles. The van der Waals surface area contributed by atoms with Gasteiger partial charge in [-0.15, -0.1) is 0 Å². The fourth-order valence-corrected chi connectivity index (χ4v) is 4.07. The lowest BCUT2D eigenvalue weighted by atomic mass is 10.2. The Morgan fingerprint density at radius 2 is 2.09 bits per heavy atom. The topological polar surface area (TPSA) is 106 Å². The number of anilines is 3. The molecule has 1 aliphatic heterocycles. The number of carbonyl (C=O) groups excluding carboxylic acids is 1. The van der Waals surface area contributed by atoms with Crippen molar-refractivity contribution in [3.8, 4) is 5.88 Å². The number of morpholine rings is 1. The minimum atomic E-state index is -0.500. The first-order valence-electron chi connectivity index (χ1n) is 10.8. The highest BCUT2D eigenvalue weighted by atomic mass is 35.5. The molecular weight excluding hydrogens is 481 g/mol. The molecule has 10 nitrogen and oxygen atoms in total. The number of ether oxygens (including phenoxy) is 2. The Hall–Kier alpha value is -2.92. The molecule has 0 unspecified atom stereocenters. The standard InChI is InChI=1S/C22H25Cl2N7O3/c1-3-30-7-8-34-15(12-30)13-31-11-14(9-26-31)27-22-25-10-16(21(29-22)33-2)20(32)28-19-17(23)5-4-6-18(19)24/h4-6,9-11,15H,3,7-8,12-13H2,1-2H3,(H,28,32)(H,25,27,29)/t15-/m0/s1. The maximum absolute atomic E-state index is 12.8. The molecule has 2 aromatic heterocycles. The van der Waals surface area contributed by atoms with Crippen LogP contribution in [0.5, 0.6) is 5.88 Å². The molecule has 180 valence electrons. The van der Waals surface area contributed by atoms with E-state index in [1.165, 1.54) is 13.3 Å². The third-order valence-corrected chi connectivity index (χ3v) is 5.97. The predicted octanol–water partition coefficient (Wildman–Crippen LogP) is 3.71. The third-order valence-electron chi connectivity index (χ3n) is 5.34. The number of aromatic nitrogens is 4. The second-order valence-electron chi connectivity index (χ2n) is 7.63. The van der Waals surface area contributed by atoms with Crippen LogP contribution in [0.3, 0.4) is 0 Å². The van der Waals surface area contributed by atoms with Crippen LogP contribution in [0, 0.1) is 0 Å². The van der Waals surface area contributed by atoms with Crippen molar-refractivity contribution in [2.75, 3.05) is 44.0 Å². The van der Waals surface area contributed by atoms with Crippen LogP contribution >= 0.6 is 23.2 Å². The summed E-state index contributed by atoms with van der Waals surface area (Å²) in [5.41, 5.74) is 1.14. The van der Waals surface area contributed by atoms with Gasteiger partial charge in [-0.2, -0.15) is 10.1 Å². The Morgan fingerprint density at radius 1 is 1.29 bits per heavy atom. The van der Waals surface area contributed by atoms with Crippen molar-refractivity contribution in [2.24, 2.45) is 0 Å². The van der Waals surface area contributed by atoms with E-state index in [0.29, 0.717) is 28.0 Å². The Bertz CT molecular complexity index is 1140. The molecule has 2 N–H and O–H groups in total. The number of amides is 1. The van der Waals surface area contributed by atoms with Gasteiger partial charge in [-0.3, -0.25) is 14.4 Å². The number of halogens is 2. The van der Waals surface area contributed by atoms with E-state index in [0.717, 1.165) is 26.2 Å². The van der Waals surface area contributed by atoms with Crippen molar-refractivity contribution >= 4 is 46.4 Å². The number of carbonyl (C=O) groups is 1. The Balaban J connectivity index is 1.42. The van der Waals surface area contributed by atoms with E-state index in [-0.39, 0.29) is 23.5 Å². The van der Waals surface area contributed by atoms with Gasteiger partial charge < -0.3 is 20.1 Å². The second-order valence-corrected chi connectivity index (χ2v) is 8.44. The van der Waals surface area contributed by atoms with E-state index in [4.69, 9.17) is 32.7 Å². The lowest BCUT2D eigenvalue weighted by Gasteiger charge is -2.31. The number of nitrogens with one attached hydrogen (secondary N) is 2. The number of para-hydroxylation sites is 1. The molecule has 4 rings (SSSR count). The van der Waals surface area contributed by atoms with Crippen LogP contribution in [0.2, 0.25) is 10.0 Å². The number of likely N-dealkylation sites (N-methyl/N-ethyl adjacent to an activating group) is 1. The van der Waals surface area contributed by atoms with Crippen molar-refractivity contribution in [3.63, 3.8) is 0 Å². The number of hydrogen-bond donors (Lipinski definition) is 2. The number of benzene rings is 1. The summed E-state index contributed by atoms with van der Waals surface area (Å²) in [7, 11) is 1.42. The van der Waals surface area contributed by atoms with Crippen LogP contribution in [0.1, 0.15) is 17.3 Å². The van der Waals surface area contributed by atoms with Gasteiger partial charge in [0, 0.05) is 25.5 Å². The molecular formula is C22H25Cl2N7O3. The Labute approximate surface area is 207 Å². The highest BCUT2D eigenvalue weighted by Crippen LogP contribution is 2.31. The fourth-order valence-electron chi connectivity index (χ4n) is 3.58. The zero-order valence-electron chi connectivity index (χ0n) is 18.8. The molecule has 0 saturated carbocycles. The molecule has 0 bridgehead atoms. The van der Waals surface area contributed by atoms with Gasteiger partial charge in [-0.05, 0) is 18.7 Å². The molecule has 0 aliphatic carbocycles. The van der Waals surface area contributed by atoms with E-state index in [2.05, 4.69) is 37.5 Å². The lowest BCUT2D eigenvalue weighted by molar-refractivity contribution is -0.0357. The number of rotatable bonds is 8. The van der Waals surface area contributed by atoms with E-state index < -0.39 is 5.91 Å². The van der Waals surface area contributed by atoms with Gasteiger partial charge in [0.1, 0.15) is 5.56 Å². The molecule has 1 amide bonds. The van der Waals surface area contributed by atoms with Gasteiger partial charge in [0.25, 0.3) is 5.91 Å². The number of hydrogen-bond acceptors (Lipinski definition) is 8. The van der Waals surface area contributed by atoms with E-state index in [1.54, 1.807) is 24.4 Å². The molecule has 1 aliphatic rings. The second kappa shape index (κ2) is 11.0. The first-order valence-corrected chi connectivity index (χ1v) is 11.5. The average molecular weight is 506 g/mol. The summed E-state index contributed by atoms with van der Waals surface area (Å²) in [6.07, 6.45) is 4.98. The zero-order chi connectivity index (χ0) is 24.1. The van der Waals surface area contributed by atoms with Crippen molar-refractivity contribution in [1.29, 1.82) is 0 Å². The SMILES string of the molecule is CCN1CCO[C@H](Cn2cc(Nc3ncc(C(=O)Nc4c(Cl)cccc4Cl)c(OC)n3)cn2)C1. The average Bonchev–Trinajstić information content (AvgIpc) is 3.27. The van der Waals surface area contributed by atoms with Gasteiger partial charge in [-0.1, -0.05) is 36.2 Å². The molecule has 1 aromatic carbocycles. The van der Waals surface area contributed by atoms with Crippen molar-refractivity contribution in [3.05, 3.63) is 52.4 Å². The normalized spacial score (nSPS) is 16.3. The Kier molecular flexibility index (Phi) is 7.84. The van der Waals surface area contributed by atoms with Crippen LogP contribution in [-0.4, -0.2) is 70.0 Å². The number of nitrogens with zero attached hydrogens (tertiary/aromatic N) is 5. The molecule has 0 radical (unpaired) electrons. The summed E-state index contributed by atoms with van der Waals surface area (Å²) in [5, 5.41) is 10.8. The zero-order valence-corrected chi connectivity index (χ0v) is 20.3. The van der Waals surface area contributed by atoms with Gasteiger partial charge in [0.2, 0.25) is 11.8 Å². The van der Waals surface area contributed by atoms with Gasteiger partial charge >= 0.3 is 0 Å². The smallest absolute Gasteiger partial charge is 0.262 e. The van der Waals surface area contributed by atoms with Crippen LogP contribution in [0.25, 0.3) is 0 Å². The predicted molar refractivity (Wildman–Crippen MR) is 130 cm³/mol. The van der Waals surface area contributed by atoms with Crippen molar-refractivity contribution < 1.29 is 14.3 Å². The monoisotopic (exact) mass is 505 g/mol. The fraction of sp³-hybridized carbons (Fsp3) is 0.364. The summed E-state index contributed by atoms with van der Waals surface area (Å²) < 4.78 is 13.0. The molecule has 1 fully saturated rings. The first kappa shape index (κ1) is 24.2. The third kappa shape index (κ3) is 5.76. The van der Waals surface area contributed by atoms with E-state index >= 15 is 0 Å². The Morgan fingerprint density at radius 3 is 2.82 bits per heavy atom. The molecule has 3 heterocycles. The molecule has 12 heteroatoms. The van der Waals surface area contributed by atoms with E-state index in [9.17, 15) is 4.79 Å². The summed E-state index contributed by atoms with van der Waals surface area (Å²) in [5.74, 6) is -0.143. The summed E-state index contributed by atoms with van der Waals surface area (Å²) >= 11 is 12.3. The van der Waals surface area contributed by atoms with Crippen molar-refractivity contribution in [2.45, 2.75) is 19.6 Å². The highest BCUT2D eigenvalue weighted by molar-refractivity contribution is 6.40. The van der Waals surface area contributed by atoms with Crippen LogP contribution in [0.15, 0.2) is 36.8 Å². The largest absolute Gasteiger partial charge is 0.480 e. The molecule has 34 heavy (non-hydrogen) atoms. The minimum absolute atomic E-state index is 0.0854. The quantitative estimate of drug-likeness (QED) is 0.477. The molecule has 0 spiro atoms. The van der Waals surface area contributed by atoms with Crippen molar-refractivity contribution in [1.82, 2.24) is 24.6 Å². The molecule has 1 atom stereocenters. The van der Waals surface area contributed by atoms with E-state index in [1.807, 2.05) is 10.9 Å². The maximum Gasteiger partial charge on any atom is 0.262 e. The van der Waals surface area contributed by atoms with Gasteiger partial charge in [-0.25, -0.2) is 4.98 Å². The summed E-state index contributed by atoms with van der Waals surface area (Å²) in [4.78, 5) is 23.7. The van der Waals surface area contributed by atoms with Crippen LogP contribution in [0.4, 0.5) is 17.3 Å². The highest BCUT2D eigenvalue weighted by Gasteiger charge is 2.21. The first-order chi connectivity index (χ1) is 16.5. The number of methoxy groups -OCH3 is 1.